The lowest BCUT2D eigenvalue weighted by molar-refractivity contribution is -0.117. The molecule has 0 bridgehead atoms. The summed E-state index contributed by atoms with van der Waals surface area (Å²) in [5, 5.41) is 13.4. The number of ketones is 1. The van der Waals surface area contributed by atoms with E-state index in [1.807, 2.05) is 25.1 Å². The minimum atomic E-state index is -0.863. The second kappa shape index (κ2) is 8.62. The van der Waals surface area contributed by atoms with Crippen LogP contribution in [0, 0.1) is 0 Å². The molecule has 166 valence electrons. The van der Waals surface area contributed by atoms with Gasteiger partial charge in [-0.05, 0) is 54.3 Å². The third kappa shape index (κ3) is 3.80. The van der Waals surface area contributed by atoms with Crippen molar-refractivity contribution in [3.8, 4) is 5.75 Å². The van der Waals surface area contributed by atoms with E-state index in [0.29, 0.717) is 38.5 Å². The highest BCUT2D eigenvalue weighted by molar-refractivity contribution is 7.22. The number of ether oxygens (including phenoxy) is 1. The second-order valence-corrected chi connectivity index (χ2v) is 9.65. The number of thiophene rings is 1. The molecule has 2 aromatic carbocycles. The van der Waals surface area contributed by atoms with Gasteiger partial charge in [-0.2, -0.15) is 0 Å². The molecule has 0 aliphatic carbocycles. The maximum Gasteiger partial charge on any atom is 0.296 e. The van der Waals surface area contributed by atoms with E-state index in [9.17, 15) is 14.7 Å². The fourth-order valence-corrected chi connectivity index (χ4v) is 5.72. The Morgan fingerprint density at radius 1 is 1.21 bits per heavy atom. The first-order valence-electron chi connectivity index (χ1n) is 10.1. The average Bonchev–Trinajstić information content (AvgIpc) is 3.52. The predicted octanol–water partition coefficient (Wildman–Crippen LogP) is 6.19. The van der Waals surface area contributed by atoms with Crippen LogP contribution >= 0.6 is 34.3 Å². The Bertz CT molecular complexity index is 1410. The molecule has 6 nitrogen and oxygen atoms in total. The van der Waals surface area contributed by atoms with Gasteiger partial charge in [-0.15, -0.1) is 11.3 Å². The van der Waals surface area contributed by atoms with Crippen LogP contribution in [0.4, 0.5) is 5.13 Å². The van der Waals surface area contributed by atoms with Crippen LogP contribution in [0.15, 0.2) is 71.3 Å². The number of anilines is 1. The molecule has 0 radical (unpaired) electrons. The molecule has 1 atom stereocenters. The number of rotatable bonds is 6. The number of aromatic nitrogens is 1. The molecule has 0 spiro atoms. The smallest absolute Gasteiger partial charge is 0.296 e. The van der Waals surface area contributed by atoms with Crippen molar-refractivity contribution in [2.24, 2.45) is 0 Å². The van der Waals surface area contributed by atoms with Gasteiger partial charge in [-0.1, -0.05) is 41.1 Å². The second-order valence-electron chi connectivity index (χ2n) is 7.26. The molecule has 5 rings (SSSR count). The summed E-state index contributed by atoms with van der Waals surface area (Å²) in [6, 6.07) is 15.0. The number of thiazole rings is 1. The Kier molecular flexibility index (Phi) is 5.65. The molecule has 0 saturated heterocycles. The number of carbonyl (C=O) groups is 2. The monoisotopic (exact) mass is 496 g/mol. The van der Waals surface area contributed by atoms with Crippen molar-refractivity contribution in [2.75, 3.05) is 11.5 Å². The Hall–Kier alpha value is -3.20. The summed E-state index contributed by atoms with van der Waals surface area (Å²) in [7, 11) is 0. The number of benzene rings is 2. The predicted molar refractivity (Wildman–Crippen MR) is 131 cm³/mol. The van der Waals surface area contributed by atoms with Crippen molar-refractivity contribution in [1.29, 1.82) is 0 Å². The van der Waals surface area contributed by atoms with Gasteiger partial charge in [-0.3, -0.25) is 14.5 Å². The van der Waals surface area contributed by atoms with Gasteiger partial charge in [0.2, 0.25) is 5.78 Å². The van der Waals surface area contributed by atoms with Crippen LogP contribution in [0.3, 0.4) is 0 Å². The van der Waals surface area contributed by atoms with Crippen molar-refractivity contribution >= 4 is 61.3 Å². The fourth-order valence-electron chi connectivity index (χ4n) is 3.82. The Labute approximate surface area is 202 Å². The normalized spacial score (nSPS) is 16.1. The first kappa shape index (κ1) is 21.6. The van der Waals surface area contributed by atoms with Gasteiger partial charge >= 0.3 is 0 Å². The number of amides is 1. The van der Waals surface area contributed by atoms with Crippen LogP contribution in [0.25, 0.3) is 10.2 Å². The van der Waals surface area contributed by atoms with Gasteiger partial charge in [0.25, 0.3) is 5.91 Å². The number of Topliss-reactive ketones (excluding diaryl/α,β-unsaturated/α-hetero) is 1. The molecule has 1 N–H and O–H groups in total. The zero-order valence-corrected chi connectivity index (χ0v) is 19.7. The van der Waals surface area contributed by atoms with E-state index in [1.54, 1.807) is 41.8 Å². The molecule has 2 aromatic heterocycles. The highest BCUT2D eigenvalue weighted by Gasteiger charge is 2.46. The quantitative estimate of drug-likeness (QED) is 0.322. The molecule has 0 saturated carbocycles. The maximum atomic E-state index is 13.3. The SMILES string of the molecule is CCOc1ccc2nc(N3C(=O)C(O)=C(C(=O)c4cccs4)[C@H]3c3cccc(Cl)c3)sc2c1. The molecular formula is C24H17ClN2O4S2. The van der Waals surface area contributed by atoms with Gasteiger partial charge in [0.1, 0.15) is 5.75 Å². The van der Waals surface area contributed by atoms with Crippen molar-refractivity contribution in [3.05, 3.63) is 86.8 Å². The van der Waals surface area contributed by atoms with E-state index in [2.05, 4.69) is 4.98 Å². The third-order valence-corrected chi connectivity index (χ3v) is 7.35. The molecule has 3 heterocycles. The molecule has 1 amide bonds. The summed E-state index contributed by atoms with van der Waals surface area (Å²) >= 11 is 8.78. The fraction of sp³-hybridized carbons (Fsp3) is 0.125. The highest BCUT2D eigenvalue weighted by Crippen LogP contribution is 2.45. The van der Waals surface area contributed by atoms with Gasteiger partial charge in [-0.25, -0.2) is 4.98 Å². The largest absolute Gasteiger partial charge is 0.503 e. The number of hydrogen-bond acceptors (Lipinski definition) is 7. The maximum absolute atomic E-state index is 13.3. The van der Waals surface area contributed by atoms with Crippen molar-refractivity contribution in [1.82, 2.24) is 4.98 Å². The van der Waals surface area contributed by atoms with Crippen LogP contribution in [-0.2, 0) is 4.79 Å². The standard InChI is InChI=1S/C24H17ClN2O4S2/c1-2-31-15-8-9-16-18(12-15)33-24(26-16)27-20(13-5-3-6-14(25)11-13)19(22(29)23(27)30)21(28)17-7-4-10-32-17/h3-12,20,29H,2H2,1H3/t20-/m1/s1. The average molecular weight is 497 g/mol. The van der Waals surface area contributed by atoms with Crippen LogP contribution in [0.1, 0.15) is 28.2 Å². The van der Waals surface area contributed by atoms with Crippen molar-refractivity contribution < 1.29 is 19.4 Å². The first-order valence-corrected chi connectivity index (χ1v) is 12.2. The summed E-state index contributed by atoms with van der Waals surface area (Å²) in [5.41, 5.74) is 1.31. The highest BCUT2D eigenvalue weighted by atomic mass is 35.5. The summed E-state index contributed by atoms with van der Waals surface area (Å²) in [6.07, 6.45) is 0. The molecule has 4 aromatic rings. The lowest BCUT2D eigenvalue weighted by Crippen LogP contribution is -2.30. The van der Waals surface area contributed by atoms with E-state index >= 15 is 0 Å². The summed E-state index contributed by atoms with van der Waals surface area (Å²) < 4.78 is 6.40. The number of hydrogen-bond donors (Lipinski definition) is 1. The van der Waals surface area contributed by atoms with Crippen molar-refractivity contribution in [3.63, 3.8) is 0 Å². The van der Waals surface area contributed by atoms with Crippen LogP contribution < -0.4 is 9.64 Å². The van der Waals surface area contributed by atoms with E-state index in [0.717, 1.165) is 4.70 Å². The number of fused-ring (bicyclic) bond motifs is 1. The summed E-state index contributed by atoms with van der Waals surface area (Å²) in [6.45, 7) is 2.44. The van der Waals surface area contributed by atoms with Gasteiger partial charge in [0.15, 0.2) is 10.9 Å². The molecule has 1 aliphatic rings. The van der Waals surface area contributed by atoms with Gasteiger partial charge in [0, 0.05) is 5.02 Å². The van der Waals surface area contributed by atoms with Crippen LogP contribution in [0.2, 0.25) is 5.02 Å². The number of halogens is 1. The lowest BCUT2D eigenvalue weighted by Gasteiger charge is -2.24. The van der Waals surface area contributed by atoms with Crippen LogP contribution in [-0.4, -0.2) is 28.4 Å². The molecule has 33 heavy (non-hydrogen) atoms. The molecule has 9 heteroatoms. The molecule has 1 aliphatic heterocycles. The molecule has 0 fully saturated rings. The van der Waals surface area contributed by atoms with E-state index in [-0.39, 0.29) is 5.57 Å². The Morgan fingerprint density at radius 3 is 2.79 bits per heavy atom. The van der Waals surface area contributed by atoms with Gasteiger partial charge in [0.05, 0.1) is 33.3 Å². The minimum absolute atomic E-state index is 0.0129. The Morgan fingerprint density at radius 2 is 2.06 bits per heavy atom. The number of nitrogens with zero attached hydrogens (tertiary/aromatic N) is 2. The van der Waals surface area contributed by atoms with E-state index in [4.69, 9.17) is 16.3 Å². The zero-order valence-electron chi connectivity index (χ0n) is 17.3. The van der Waals surface area contributed by atoms with Crippen LogP contribution in [0.5, 0.6) is 5.75 Å². The molecular weight excluding hydrogens is 480 g/mol. The topological polar surface area (TPSA) is 79.7 Å². The number of carbonyl (C=O) groups excluding carboxylic acids is 2. The van der Waals surface area contributed by atoms with Crippen molar-refractivity contribution in [2.45, 2.75) is 13.0 Å². The third-order valence-electron chi connectivity index (χ3n) is 5.23. The summed E-state index contributed by atoms with van der Waals surface area (Å²) in [4.78, 5) is 33.1. The number of aliphatic hydroxyl groups excluding tert-OH is 1. The van der Waals surface area contributed by atoms with E-state index < -0.39 is 23.5 Å². The van der Waals surface area contributed by atoms with Gasteiger partial charge < -0.3 is 9.84 Å². The Balaban J connectivity index is 1.65. The summed E-state index contributed by atoms with van der Waals surface area (Å²) in [5.74, 6) is -0.950. The van der Waals surface area contributed by atoms with E-state index in [1.165, 1.54) is 27.6 Å². The minimum Gasteiger partial charge on any atom is -0.503 e. The first-order chi connectivity index (χ1) is 16.0. The lowest BCUT2D eigenvalue weighted by atomic mass is 9.95. The zero-order chi connectivity index (χ0) is 23.1. The molecule has 0 unspecified atom stereocenters. The number of aliphatic hydroxyl groups is 1.